The number of hydrogen-bond acceptors (Lipinski definition) is 7. The number of nitrogens with zero attached hydrogens (tertiary/aromatic N) is 3. The molecule has 38 heavy (non-hydrogen) atoms. The van der Waals surface area contributed by atoms with E-state index < -0.39 is 0 Å². The van der Waals surface area contributed by atoms with Crippen molar-refractivity contribution in [3.63, 3.8) is 0 Å². The van der Waals surface area contributed by atoms with Gasteiger partial charge in [0.15, 0.2) is 0 Å². The first-order chi connectivity index (χ1) is 18.3. The van der Waals surface area contributed by atoms with Gasteiger partial charge in [0, 0.05) is 28.0 Å². The Bertz CT molecular complexity index is 1640. The van der Waals surface area contributed by atoms with Crippen LogP contribution in [0.25, 0.3) is 33.1 Å². The van der Waals surface area contributed by atoms with Gasteiger partial charge in [0.1, 0.15) is 28.8 Å². The maximum Gasteiger partial charge on any atom is 0.222 e. The van der Waals surface area contributed by atoms with Crippen LogP contribution in [0.3, 0.4) is 0 Å². The normalized spacial score (nSPS) is 12.2. The third-order valence-electron chi connectivity index (χ3n) is 6.51. The molecule has 1 amide bonds. The summed E-state index contributed by atoms with van der Waals surface area (Å²) in [5.74, 6) is 2.51. The minimum atomic E-state index is -0.369. The van der Waals surface area contributed by atoms with Gasteiger partial charge in [0.25, 0.3) is 0 Å². The van der Waals surface area contributed by atoms with Gasteiger partial charge in [-0.2, -0.15) is 0 Å². The van der Waals surface area contributed by atoms with E-state index in [1.807, 2.05) is 64.1 Å². The second kappa shape index (κ2) is 10.3. The Hall–Kier alpha value is -4.11. The van der Waals surface area contributed by atoms with Crippen molar-refractivity contribution in [2.24, 2.45) is 0 Å². The van der Waals surface area contributed by atoms with Gasteiger partial charge in [-0.15, -0.1) is 0 Å². The number of methoxy groups -OCH3 is 1. The fraction of sp³-hybridized carbons (Fsp3) is 0.286. The van der Waals surface area contributed by atoms with Crippen LogP contribution in [-0.2, 0) is 4.79 Å². The predicted molar refractivity (Wildman–Crippen MR) is 149 cm³/mol. The lowest BCUT2D eigenvalue weighted by atomic mass is 10.0. The van der Waals surface area contributed by atoms with E-state index in [0.717, 1.165) is 38.7 Å². The number of nitrogens with one attached hydrogen (secondary N) is 3. The van der Waals surface area contributed by atoms with Crippen molar-refractivity contribution in [1.82, 2.24) is 25.4 Å². The summed E-state index contributed by atoms with van der Waals surface area (Å²) in [6.45, 7) is 8.07. The van der Waals surface area contributed by atoms with Gasteiger partial charge >= 0.3 is 0 Å². The van der Waals surface area contributed by atoms with E-state index in [4.69, 9.17) is 25.8 Å². The number of rotatable bonds is 8. The van der Waals surface area contributed by atoms with Gasteiger partial charge < -0.3 is 24.9 Å². The molecule has 5 aromatic rings. The van der Waals surface area contributed by atoms with Gasteiger partial charge in [0.05, 0.1) is 36.2 Å². The number of aromatic nitrogens is 4. The number of H-pyrrole nitrogens is 1. The summed E-state index contributed by atoms with van der Waals surface area (Å²) < 4.78 is 11.2. The first kappa shape index (κ1) is 25.5. The first-order valence-corrected chi connectivity index (χ1v) is 12.8. The van der Waals surface area contributed by atoms with Crippen LogP contribution >= 0.6 is 11.6 Å². The van der Waals surface area contributed by atoms with Crippen LogP contribution < -0.4 is 15.4 Å². The van der Waals surface area contributed by atoms with Crippen LogP contribution in [0.1, 0.15) is 42.2 Å². The van der Waals surface area contributed by atoms with Crippen LogP contribution in [0.15, 0.2) is 40.9 Å². The number of aromatic amines is 1. The standard InChI is InChI=1S/C28H29ClN6O3/c1-6-30-24(36)13-21(17-8-7-9-18(29)10-17)33-27-26-19-12-23(37-5)20(25-14(2)35-38-15(25)3)11-22(19)34-28(26)32-16(4)31-27/h7-12,21H,6,13H2,1-5H3,(H,30,36)(H2,31,32,33,34)/t21-/m1/s1. The molecule has 0 fully saturated rings. The number of aryl methyl sites for hydroxylation is 3. The Labute approximate surface area is 224 Å². The molecule has 3 aromatic heterocycles. The zero-order chi connectivity index (χ0) is 27.0. The highest BCUT2D eigenvalue weighted by molar-refractivity contribution is 6.30. The van der Waals surface area contributed by atoms with Gasteiger partial charge in [0.2, 0.25) is 5.91 Å². The third-order valence-corrected chi connectivity index (χ3v) is 6.75. The Morgan fingerprint density at radius 1 is 1.18 bits per heavy atom. The van der Waals surface area contributed by atoms with Crippen LogP contribution in [0.2, 0.25) is 5.02 Å². The number of fused-ring (bicyclic) bond motifs is 3. The quantitative estimate of drug-likeness (QED) is 0.223. The van der Waals surface area contributed by atoms with Crippen molar-refractivity contribution in [3.8, 4) is 16.9 Å². The molecule has 0 saturated carbocycles. The highest BCUT2D eigenvalue weighted by atomic mass is 35.5. The molecule has 196 valence electrons. The van der Waals surface area contributed by atoms with E-state index in [1.165, 1.54) is 0 Å². The number of ether oxygens (including phenoxy) is 1. The van der Waals surface area contributed by atoms with Gasteiger partial charge in [-0.05, 0) is 57.5 Å². The smallest absolute Gasteiger partial charge is 0.222 e. The van der Waals surface area contributed by atoms with Gasteiger partial charge in [-0.3, -0.25) is 4.79 Å². The summed E-state index contributed by atoms with van der Waals surface area (Å²) in [6.07, 6.45) is 0.209. The molecule has 1 atom stereocenters. The van der Waals surface area contributed by atoms with Crippen LogP contribution in [0.5, 0.6) is 5.75 Å². The summed E-state index contributed by atoms with van der Waals surface area (Å²) in [6, 6.07) is 11.1. The molecule has 3 N–H and O–H groups in total. The van der Waals surface area contributed by atoms with E-state index in [2.05, 4.69) is 25.8 Å². The van der Waals surface area contributed by atoms with Crippen LogP contribution in [-0.4, -0.2) is 39.7 Å². The lowest BCUT2D eigenvalue weighted by Gasteiger charge is -2.20. The van der Waals surface area contributed by atoms with Crippen molar-refractivity contribution in [2.75, 3.05) is 19.0 Å². The zero-order valence-corrected chi connectivity index (χ0v) is 22.7. The summed E-state index contributed by atoms with van der Waals surface area (Å²) in [4.78, 5) is 25.5. The second-order valence-electron chi connectivity index (χ2n) is 9.17. The highest BCUT2D eigenvalue weighted by Crippen LogP contribution is 2.41. The van der Waals surface area contributed by atoms with E-state index >= 15 is 0 Å². The third kappa shape index (κ3) is 4.77. The Kier molecular flexibility index (Phi) is 6.94. The average molecular weight is 533 g/mol. The molecule has 2 aromatic carbocycles. The molecule has 0 radical (unpaired) electrons. The minimum Gasteiger partial charge on any atom is -0.496 e. The average Bonchev–Trinajstić information content (AvgIpc) is 3.40. The minimum absolute atomic E-state index is 0.0725. The molecule has 0 aliphatic rings. The predicted octanol–water partition coefficient (Wildman–Crippen LogP) is 6.03. The molecular weight excluding hydrogens is 504 g/mol. The molecule has 0 aliphatic heterocycles. The Balaban J connectivity index is 1.67. The molecule has 5 rings (SSSR count). The number of amides is 1. The largest absolute Gasteiger partial charge is 0.496 e. The van der Waals surface area contributed by atoms with Crippen LogP contribution in [0, 0.1) is 20.8 Å². The molecule has 3 heterocycles. The monoisotopic (exact) mass is 532 g/mol. The Morgan fingerprint density at radius 2 is 2.00 bits per heavy atom. The number of benzene rings is 2. The second-order valence-corrected chi connectivity index (χ2v) is 9.61. The summed E-state index contributed by atoms with van der Waals surface area (Å²) in [5, 5.41) is 12.8. The van der Waals surface area contributed by atoms with E-state index in [1.54, 1.807) is 7.11 Å². The zero-order valence-electron chi connectivity index (χ0n) is 21.9. The SMILES string of the molecule is CCNC(=O)C[C@@H](Nc1nc(C)nc2[nH]c3cc(-c4c(C)noc4C)c(OC)cc3c12)c1cccc(Cl)c1. The molecule has 10 heteroatoms. The molecule has 0 unspecified atom stereocenters. The lowest BCUT2D eigenvalue weighted by molar-refractivity contribution is -0.121. The number of hydrogen-bond donors (Lipinski definition) is 3. The van der Waals surface area contributed by atoms with Crippen molar-refractivity contribution in [2.45, 2.75) is 40.2 Å². The van der Waals surface area contributed by atoms with Gasteiger partial charge in [-0.1, -0.05) is 28.9 Å². The van der Waals surface area contributed by atoms with Crippen molar-refractivity contribution >= 4 is 45.3 Å². The van der Waals surface area contributed by atoms with E-state index in [0.29, 0.717) is 40.4 Å². The summed E-state index contributed by atoms with van der Waals surface area (Å²) in [5.41, 5.74) is 4.97. The summed E-state index contributed by atoms with van der Waals surface area (Å²) >= 11 is 6.30. The summed E-state index contributed by atoms with van der Waals surface area (Å²) in [7, 11) is 1.64. The maximum absolute atomic E-state index is 12.6. The van der Waals surface area contributed by atoms with E-state index in [-0.39, 0.29) is 18.4 Å². The number of carbonyl (C=O) groups is 1. The molecule has 0 spiro atoms. The van der Waals surface area contributed by atoms with E-state index in [9.17, 15) is 4.79 Å². The molecule has 0 aliphatic carbocycles. The van der Waals surface area contributed by atoms with Crippen molar-refractivity contribution in [3.05, 3.63) is 64.3 Å². The molecular formula is C28H29ClN6O3. The lowest BCUT2D eigenvalue weighted by Crippen LogP contribution is -2.27. The van der Waals surface area contributed by atoms with Crippen molar-refractivity contribution in [1.29, 1.82) is 0 Å². The highest BCUT2D eigenvalue weighted by Gasteiger charge is 2.23. The first-order valence-electron chi connectivity index (χ1n) is 12.4. The number of carbonyl (C=O) groups excluding carboxylic acids is 1. The number of halogens is 1. The maximum atomic E-state index is 12.6. The van der Waals surface area contributed by atoms with Crippen molar-refractivity contribution < 1.29 is 14.1 Å². The topological polar surface area (TPSA) is 118 Å². The fourth-order valence-corrected chi connectivity index (χ4v) is 5.07. The van der Waals surface area contributed by atoms with Gasteiger partial charge in [-0.25, -0.2) is 9.97 Å². The van der Waals surface area contributed by atoms with Crippen LogP contribution in [0.4, 0.5) is 5.82 Å². The molecule has 9 nitrogen and oxygen atoms in total. The number of anilines is 1. The molecule has 0 saturated heterocycles. The molecule has 0 bridgehead atoms. The fourth-order valence-electron chi connectivity index (χ4n) is 4.87. The Morgan fingerprint density at radius 3 is 2.68 bits per heavy atom.